The van der Waals surface area contributed by atoms with Crippen LogP contribution in [-0.2, 0) is 4.79 Å². The molecule has 0 spiro atoms. The van der Waals surface area contributed by atoms with E-state index in [0.717, 1.165) is 5.69 Å². The smallest absolute Gasteiger partial charge is 0.224 e. The first-order valence-electron chi connectivity index (χ1n) is 4.39. The van der Waals surface area contributed by atoms with Crippen molar-refractivity contribution in [2.24, 2.45) is 0 Å². The zero-order valence-corrected chi connectivity index (χ0v) is 8.54. The fourth-order valence-electron chi connectivity index (χ4n) is 1.52. The van der Waals surface area contributed by atoms with Gasteiger partial charge in [0.15, 0.2) is 0 Å². The van der Waals surface area contributed by atoms with Crippen LogP contribution in [-0.4, -0.2) is 19.1 Å². The van der Waals surface area contributed by atoms with Crippen LogP contribution in [0.1, 0.15) is 6.92 Å². The first-order chi connectivity index (χ1) is 6.68. The van der Waals surface area contributed by atoms with Crippen LogP contribution in [0.3, 0.4) is 0 Å². The average Bonchev–Trinajstić information content (AvgIpc) is 2.16. The topological polar surface area (TPSA) is 29.5 Å². The highest BCUT2D eigenvalue weighted by atomic mass is 35.5. The lowest BCUT2D eigenvalue weighted by atomic mass is 10.2. The molecule has 1 aliphatic rings. The number of rotatable bonds is 0. The standard InChI is InChI=1S/C10H10ClNO2/c1-7(13)12-4-5-14-10-6-8(11)2-3-9(10)12/h2-3,6H,4-5H2,1H3. The summed E-state index contributed by atoms with van der Waals surface area (Å²) >= 11 is 5.82. The van der Waals surface area contributed by atoms with Gasteiger partial charge in [-0.1, -0.05) is 11.6 Å². The zero-order chi connectivity index (χ0) is 10.1. The summed E-state index contributed by atoms with van der Waals surface area (Å²) in [6.45, 7) is 2.67. The Morgan fingerprint density at radius 2 is 2.36 bits per heavy atom. The van der Waals surface area contributed by atoms with E-state index in [1.54, 1.807) is 30.0 Å². The number of nitrogens with zero attached hydrogens (tertiary/aromatic N) is 1. The third-order valence-corrected chi connectivity index (χ3v) is 2.40. The summed E-state index contributed by atoms with van der Waals surface area (Å²) in [4.78, 5) is 13.0. The molecule has 0 radical (unpaired) electrons. The van der Waals surface area contributed by atoms with Crippen molar-refractivity contribution in [3.8, 4) is 5.75 Å². The molecule has 1 aliphatic heterocycles. The number of hydrogen-bond acceptors (Lipinski definition) is 2. The summed E-state index contributed by atoms with van der Waals surface area (Å²) < 4.78 is 5.41. The number of carbonyl (C=O) groups is 1. The van der Waals surface area contributed by atoms with Crippen LogP contribution in [0.25, 0.3) is 0 Å². The first-order valence-corrected chi connectivity index (χ1v) is 4.77. The Balaban J connectivity index is 2.44. The van der Waals surface area contributed by atoms with E-state index in [4.69, 9.17) is 16.3 Å². The maximum Gasteiger partial charge on any atom is 0.224 e. The van der Waals surface area contributed by atoms with Crippen molar-refractivity contribution in [3.63, 3.8) is 0 Å². The van der Waals surface area contributed by atoms with E-state index in [-0.39, 0.29) is 5.91 Å². The molecular weight excluding hydrogens is 202 g/mol. The monoisotopic (exact) mass is 211 g/mol. The molecule has 0 atom stereocenters. The van der Waals surface area contributed by atoms with Crippen molar-refractivity contribution < 1.29 is 9.53 Å². The molecule has 0 saturated carbocycles. The van der Waals surface area contributed by atoms with Gasteiger partial charge in [0, 0.05) is 18.0 Å². The van der Waals surface area contributed by atoms with Crippen LogP contribution in [0.4, 0.5) is 5.69 Å². The summed E-state index contributed by atoms with van der Waals surface area (Å²) in [6, 6.07) is 5.29. The Hall–Kier alpha value is -1.22. The van der Waals surface area contributed by atoms with Gasteiger partial charge in [-0.2, -0.15) is 0 Å². The lowest BCUT2D eigenvalue weighted by molar-refractivity contribution is -0.116. The van der Waals surface area contributed by atoms with Gasteiger partial charge in [0.05, 0.1) is 12.2 Å². The molecule has 1 aromatic rings. The minimum atomic E-state index is 0.0249. The molecule has 0 bridgehead atoms. The fraction of sp³-hybridized carbons (Fsp3) is 0.300. The van der Waals surface area contributed by atoms with E-state index in [9.17, 15) is 4.79 Å². The van der Waals surface area contributed by atoms with Gasteiger partial charge in [-0.3, -0.25) is 4.79 Å². The quantitative estimate of drug-likeness (QED) is 0.658. The molecular formula is C10H10ClNO2. The van der Waals surface area contributed by atoms with Gasteiger partial charge >= 0.3 is 0 Å². The van der Waals surface area contributed by atoms with E-state index in [1.165, 1.54) is 0 Å². The van der Waals surface area contributed by atoms with Gasteiger partial charge < -0.3 is 9.64 Å². The molecule has 0 saturated heterocycles. The van der Waals surface area contributed by atoms with Gasteiger partial charge in [-0.25, -0.2) is 0 Å². The molecule has 14 heavy (non-hydrogen) atoms. The van der Waals surface area contributed by atoms with Crippen LogP contribution >= 0.6 is 11.6 Å². The second kappa shape index (κ2) is 3.50. The molecule has 0 aliphatic carbocycles. The van der Waals surface area contributed by atoms with Crippen molar-refractivity contribution in [2.75, 3.05) is 18.1 Å². The van der Waals surface area contributed by atoms with Gasteiger partial charge in [0.2, 0.25) is 5.91 Å². The number of fused-ring (bicyclic) bond motifs is 1. The fourth-order valence-corrected chi connectivity index (χ4v) is 1.68. The van der Waals surface area contributed by atoms with Crippen molar-refractivity contribution >= 4 is 23.2 Å². The molecule has 74 valence electrons. The minimum absolute atomic E-state index is 0.0249. The lowest BCUT2D eigenvalue weighted by Crippen LogP contribution is -2.36. The molecule has 3 nitrogen and oxygen atoms in total. The van der Waals surface area contributed by atoms with E-state index in [0.29, 0.717) is 23.9 Å². The number of carbonyl (C=O) groups excluding carboxylic acids is 1. The van der Waals surface area contributed by atoms with Gasteiger partial charge in [-0.05, 0) is 12.1 Å². The largest absolute Gasteiger partial charge is 0.489 e. The Labute approximate surface area is 87.2 Å². The Morgan fingerprint density at radius 1 is 1.57 bits per heavy atom. The highest BCUT2D eigenvalue weighted by Gasteiger charge is 2.20. The van der Waals surface area contributed by atoms with Gasteiger partial charge in [0.1, 0.15) is 12.4 Å². The van der Waals surface area contributed by atoms with E-state index in [1.807, 2.05) is 0 Å². The molecule has 0 unspecified atom stereocenters. The maximum atomic E-state index is 11.3. The molecule has 0 N–H and O–H groups in total. The summed E-state index contributed by atoms with van der Waals surface area (Å²) in [5.74, 6) is 0.704. The minimum Gasteiger partial charge on any atom is -0.489 e. The van der Waals surface area contributed by atoms with Crippen LogP contribution in [0.15, 0.2) is 18.2 Å². The van der Waals surface area contributed by atoms with Crippen molar-refractivity contribution in [3.05, 3.63) is 23.2 Å². The number of anilines is 1. The van der Waals surface area contributed by atoms with Crippen molar-refractivity contribution in [1.82, 2.24) is 0 Å². The highest BCUT2D eigenvalue weighted by molar-refractivity contribution is 6.30. The van der Waals surface area contributed by atoms with E-state index in [2.05, 4.69) is 0 Å². The van der Waals surface area contributed by atoms with E-state index >= 15 is 0 Å². The normalized spacial score (nSPS) is 14.6. The predicted molar refractivity (Wildman–Crippen MR) is 55.0 cm³/mol. The lowest BCUT2D eigenvalue weighted by Gasteiger charge is -2.28. The molecule has 1 heterocycles. The molecule has 2 rings (SSSR count). The van der Waals surface area contributed by atoms with Crippen LogP contribution in [0.2, 0.25) is 5.02 Å². The Bertz CT molecular complexity index is 378. The van der Waals surface area contributed by atoms with Gasteiger partial charge in [0.25, 0.3) is 0 Å². The highest BCUT2D eigenvalue weighted by Crippen LogP contribution is 2.33. The van der Waals surface area contributed by atoms with Crippen LogP contribution < -0.4 is 9.64 Å². The predicted octanol–water partition coefficient (Wildman–Crippen LogP) is 2.09. The van der Waals surface area contributed by atoms with Crippen LogP contribution in [0.5, 0.6) is 5.75 Å². The van der Waals surface area contributed by atoms with E-state index < -0.39 is 0 Å². The number of ether oxygens (including phenoxy) is 1. The molecule has 0 fully saturated rings. The summed E-state index contributed by atoms with van der Waals surface area (Å²) in [6.07, 6.45) is 0. The maximum absolute atomic E-state index is 11.3. The summed E-state index contributed by atoms with van der Waals surface area (Å²) in [5, 5.41) is 0.620. The first kappa shape index (κ1) is 9.34. The SMILES string of the molecule is CC(=O)N1CCOc2cc(Cl)ccc21. The second-order valence-corrected chi connectivity index (χ2v) is 3.57. The van der Waals surface area contributed by atoms with Crippen molar-refractivity contribution in [1.29, 1.82) is 0 Å². The number of benzene rings is 1. The molecule has 1 amide bonds. The summed E-state index contributed by atoms with van der Waals surface area (Å²) in [7, 11) is 0. The zero-order valence-electron chi connectivity index (χ0n) is 7.79. The third kappa shape index (κ3) is 1.55. The summed E-state index contributed by atoms with van der Waals surface area (Å²) in [5.41, 5.74) is 0.799. The Kier molecular flexibility index (Phi) is 2.33. The second-order valence-electron chi connectivity index (χ2n) is 3.13. The molecule has 4 heteroatoms. The van der Waals surface area contributed by atoms with Crippen LogP contribution in [0, 0.1) is 0 Å². The third-order valence-electron chi connectivity index (χ3n) is 2.17. The molecule has 0 aromatic heterocycles. The Morgan fingerprint density at radius 3 is 3.07 bits per heavy atom. The molecule has 1 aromatic carbocycles. The number of amides is 1. The number of halogens is 1. The van der Waals surface area contributed by atoms with Gasteiger partial charge in [-0.15, -0.1) is 0 Å². The number of hydrogen-bond donors (Lipinski definition) is 0. The van der Waals surface area contributed by atoms with Crippen molar-refractivity contribution in [2.45, 2.75) is 6.92 Å². The average molecular weight is 212 g/mol.